The molecule has 21 heavy (non-hydrogen) atoms. The van der Waals surface area contributed by atoms with Gasteiger partial charge in [0.15, 0.2) is 0 Å². The van der Waals surface area contributed by atoms with Crippen LogP contribution in [-0.2, 0) is 6.18 Å². The Morgan fingerprint density at radius 3 is 2.52 bits per heavy atom. The van der Waals surface area contributed by atoms with Gasteiger partial charge >= 0.3 is 11.9 Å². The van der Waals surface area contributed by atoms with Crippen molar-refractivity contribution in [2.45, 2.75) is 6.18 Å². The van der Waals surface area contributed by atoms with Crippen LogP contribution in [0.4, 0.5) is 18.9 Å². The van der Waals surface area contributed by atoms with E-state index in [1.165, 1.54) is 18.5 Å². The van der Waals surface area contributed by atoms with Gasteiger partial charge in [-0.15, -0.1) is 0 Å². The van der Waals surface area contributed by atoms with E-state index in [2.05, 4.69) is 25.9 Å². The van der Waals surface area contributed by atoms with Gasteiger partial charge in [0.25, 0.3) is 0 Å². The largest absolute Gasteiger partial charge is 0.448 e. The molecule has 0 aromatic carbocycles. The van der Waals surface area contributed by atoms with Gasteiger partial charge in [0.2, 0.25) is 5.75 Å². The molecule has 0 radical (unpaired) electrons. The normalized spacial score (nSPS) is 11.2. The highest BCUT2D eigenvalue weighted by atomic mass is 79.9. The first-order valence-corrected chi connectivity index (χ1v) is 6.06. The van der Waals surface area contributed by atoms with Crippen LogP contribution >= 0.6 is 15.9 Å². The summed E-state index contributed by atoms with van der Waals surface area (Å²) in [6.45, 7) is 0. The van der Waals surface area contributed by atoms with Gasteiger partial charge in [-0.3, -0.25) is 15.1 Å². The summed E-state index contributed by atoms with van der Waals surface area (Å²) in [7, 11) is 0. The Labute approximate surface area is 123 Å². The van der Waals surface area contributed by atoms with E-state index in [4.69, 9.17) is 4.74 Å². The van der Waals surface area contributed by atoms with Crippen LogP contribution in [0.2, 0.25) is 0 Å². The molecule has 0 atom stereocenters. The molecule has 0 saturated carbocycles. The Bertz CT molecular complexity index is 694. The third-order valence-electron chi connectivity index (χ3n) is 2.24. The Balaban J connectivity index is 2.46. The number of nitrogens with zero attached hydrogens (tertiary/aromatic N) is 3. The van der Waals surface area contributed by atoms with E-state index < -0.39 is 28.2 Å². The molecule has 0 bridgehead atoms. The van der Waals surface area contributed by atoms with Gasteiger partial charge < -0.3 is 4.74 Å². The van der Waals surface area contributed by atoms with Crippen molar-refractivity contribution in [1.82, 2.24) is 9.97 Å². The minimum atomic E-state index is -4.73. The minimum absolute atomic E-state index is 0.0480. The van der Waals surface area contributed by atoms with Crippen molar-refractivity contribution in [3.8, 4) is 11.5 Å². The van der Waals surface area contributed by atoms with Crippen LogP contribution in [0, 0.1) is 10.1 Å². The molecule has 0 N–H and O–H groups in total. The lowest BCUT2D eigenvalue weighted by Crippen LogP contribution is -2.08. The van der Waals surface area contributed by atoms with Crippen LogP contribution in [0.3, 0.4) is 0 Å². The lowest BCUT2D eigenvalue weighted by Gasteiger charge is -2.09. The molecule has 0 aliphatic heterocycles. The lowest BCUT2D eigenvalue weighted by atomic mass is 10.3. The Morgan fingerprint density at radius 2 is 1.95 bits per heavy atom. The van der Waals surface area contributed by atoms with Gasteiger partial charge in [-0.05, 0) is 22.0 Å². The second kappa shape index (κ2) is 5.64. The zero-order valence-electron chi connectivity index (χ0n) is 9.96. The van der Waals surface area contributed by atoms with Gasteiger partial charge in [-0.25, -0.2) is 4.98 Å². The van der Waals surface area contributed by atoms with Crippen LogP contribution in [-0.4, -0.2) is 14.9 Å². The summed E-state index contributed by atoms with van der Waals surface area (Å²) in [4.78, 5) is 16.7. The van der Waals surface area contributed by atoms with Gasteiger partial charge in [0.1, 0.15) is 17.6 Å². The number of halogens is 4. The van der Waals surface area contributed by atoms with Crippen LogP contribution < -0.4 is 4.74 Å². The molecule has 2 heterocycles. The summed E-state index contributed by atoms with van der Waals surface area (Å²) < 4.78 is 43.4. The minimum Gasteiger partial charge on any atom is -0.448 e. The monoisotopic (exact) mass is 363 g/mol. The number of ether oxygens (including phenoxy) is 1. The van der Waals surface area contributed by atoms with Crippen molar-refractivity contribution in [3.63, 3.8) is 0 Å². The summed E-state index contributed by atoms with van der Waals surface area (Å²) >= 11 is 3.10. The van der Waals surface area contributed by atoms with Gasteiger partial charge in [0, 0.05) is 16.7 Å². The average Bonchev–Trinajstić information content (AvgIpc) is 2.37. The number of alkyl halides is 3. The molecular weight excluding hydrogens is 359 g/mol. The molecule has 0 aliphatic carbocycles. The highest BCUT2D eigenvalue weighted by Gasteiger charge is 2.35. The number of rotatable bonds is 3. The fourth-order valence-electron chi connectivity index (χ4n) is 1.38. The quantitative estimate of drug-likeness (QED) is 0.609. The van der Waals surface area contributed by atoms with Crippen molar-refractivity contribution < 1.29 is 22.8 Å². The van der Waals surface area contributed by atoms with Gasteiger partial charge in [0.05, 0.1) is 11.1 Å². The molecule has 0 spiro atoms. The highest BCUT2D eigenvalue weighted by Crippen LogP contribution is 2.36. The summed E-state index contributed by atoms with van der Waals surface area (Å²) in [5.41, 5.74) is -1.96. The second-order valence-corrected chi connectivity index (χ2v) is 4.65. The van der Waals surface area contributed by atoms with Gasteiger partial charge in [-0.2, -0.15) is 13.2 Å². The second-order valence-electron chi connectivity index (χ2n) is 3.73. The average molecular weight is 364 g/mol. The standard InChI is InChI=1S/C11H5BrF3N3O3/c12-6-1-7(4-16-3-6)21-9-2-10(11(13,14)15)17-5-8(9)18(19)20/h1-5H. The maximum absolute atomic E-state index is 12.6. The maximum atomic E-state index is 12.6. The van der Waals surface area contributed by atoms with Crippen molar-refractivity contribution in [2.24, 2.45) is 0 Å². The highest BCUT2D eigenvalue weighted by molar-refractivity contribution is 9.10. The lowest BCUT2D eigenvalue weighted by molar-refractivity contribution is -0.386. The van der Waals surface area contributed by atoms with Gasteiger partial charge in [-0.1, -0.05) is 0 Å². The van der Waals surface area contributed by atoms with E-state index in [0.29, 0.717) is 16.7 Å². The van der Waals surface area contributed by atoms with E-state index in [-0.39, 0.29) is 5.75 Å². The van der Waals surface area contributed by atoms with Crippen LogP contribution in [0.25, 0.3) is 0 Å². The Kier molecular flexibility index (Phi) is 4.07. The van der Waals surface area contributed by atoms with Crippen LogP contribution in [0.15, 0.2) is 35.2 Å². The third-order valence-corrected chi connectivity index (χ3v) is 2.67. The van der Waals surface area contributed by atoms with Crippen molar-refractivity contribution in [3.05, 3.63) is 51.0 Å². The van der Waals surface area contributed by atoms with Crippen LogP contribution in [0.5, 0.6) is 11.5 Å². The molecule has 10 heteroatoms. The van der Waals surface area contributed by atoms with E-state index >= 15 is 0 Å². The molecule has 0 amide bonds. The predicted octanol–water partition coefficient (Wildman–Crippen LogP) is 3.96. The number of hydrogen-bond donors (Lipinski definition) is 0. The first kappa shape index (κ1) is 15.2. The third kappa shape index (κ3) is 3.66. The van der Waals surface area contributed by atoms with Crippen molar-refractivity contribution in [2.75, 3.05) is 0 Å². The molecule has 110 valence electrons. The maximum Gasteiger partial charge on any atom is 0.433 e. The number of nitro groups is 1. The molecular formula is C11H5BrF3N3O3. The zero-order valence-corrected chi connectivity index (χ0v) is 11.6. The summed E-state index contributed by atoms with van der Waals surface area (Å²) in [5.74, 6) is -0.519. The molecule has 2 aromatic rings. The van der Waals surface area contributed by atoms with E-state index in [1.807, 2.05) is 0 Å². The SMILES string of the molecule is O=[N+]([O-])c1cnc(C(F)(F)F)cc1Oc1cncc(Br)c1. The topological polar surface area (TPSA) is 78.2 Å². The number of hydrogen-bond acceptors (Lipinski definition) is 5. The Hall–Kier alpha value is -2.23. The first-order valence-electron chi connectivity index (χ1n) is 5.27. The fraction of sp³-hybridized carbons (Fsp3) is 0.0909. The molecule has 0 aliphatic rings. The van der Waals surface area contributed by atoms with E-state index in [1.54, 1.807) is 0 Å². The molecule has 2 rings (SSSR count). The van der Waals surface area contributed by atoms with Crippen LogP contribution in [0.1, 0.15) is 5.69 Å². The van der Waals surface area contributed by atoms with Crippen molar-refractivity contribution in [1.29, 1.82) is 0 Å². The number of pyridine rings is 2. The summed E-state index contributed by atoms with van der Waals surface area (Å²) in [6, 6.07) is 1.88. The molecule has 2 aromatic heterocycles. The Morgan fingerprint density at radius 1 is 1.24 bits per heavy atom. The molecule has 0 fully saturated rings. The molecule has 6 nitrogen and oxygen atoms in total. The fourth-order valence-corrected chi connectivity index (χ4v) is 1.72. The summed E-state index contributed by atoms with van der Waals surface area (Å²) in [5, 5.41) is 10.8. The predicted molar refractivity (Wildman–Crippen MR) is 67.9 cm³/mol. The molecule has 0 unspecified atom stereocenters. The van der Waals surface area contributed by atoms with Crippen molar-refractivity contribution >= 4 is 21.6 Å². The first-order chi connectivity index (χ1) is 9.77. The zero-order chi connectivity index (χ0) is 15.6. The molecule has 0 saturated heterocycles. The number of aromatic nitrogens is 2. The smallest absolute Gasteiger partial charge is 0.433 e. The van der Waals surface area contributed by atoms with E-state index in [9.17, 15) is 23.3 Å². The summed E-state index contributed by atoms with van der Waals surface area (Å²) in [6.07, 6.45) is -1.59. The van der Waals surface area contributed by atoms with E-state index in [0.717, 1.165) is 0 Å².